The van der Waals surface area contributed by atoms with Crippen molar-refractivity contribution in [2.24, 2.45) is 17.8 Å². The molecule has 2 saturated heterocycles. The third kappa shape index (κ3) is 2.85. The molecule has 2 atom stereocenters. The van der Waals surface area contributed by atoms with Crippen LogP contribution in [0, 0.1) is 17.8 Å². The van der Waals surface area contributed by atoms with Crippen LogP contribution in [0.4, 0.5) is 5.69 Å². The quantitative estimate of drug-likeness (QED) is 0.607. The van der Waals surface area contributed by atoms with Crippen molar-refractivity contribution in [1.29, 1.82) is 0 Å². The highest BCUT2D eigenvalue weighted by molar-refractivity contribution is 6.22. The number of likely N-dealkylation sites (tertiary alicyclic amines) is 1. The number of hydrogen-bond donors (Lipinski definition) is 0. The van der Waals surface area contributed by atoms with Gasteiger partial charge in [-0.3, -0.25) is 19.3 Å². The first kappa shape index (κ1) is 17.0. The Bertz CT molecular complexity index is 751. The van der Waals surface area contributed by atoms with E-state index in [4.69, 9.17) is 0 Å². The minimum atomic E-state index is -0.254. The Kier molecular flexibility index (Phi) is 4.39. The maximum atomic E-state index is 12.8. The van der Waals surface area contributed by atoms with Crippen LogP contribution < -0.4 is 4.90 Å². The van der Waals surface area contributed by atoms with Crippen LogP contribution in [0.15, 0.2) is 36.4 Å². The molecule has 0 radical (unpaired) electrons. The first-order chi connectivity index (χ1) is 12.6. The first-order valence-electron chi connectivity index (χ1n) is 9.48. The highest BCUT2D eigenvalue weighted by atomic mass is 16.2. The van der Waals surface area contributed by atoms with Gasteiger partial charge in [-0.15, -0.1) is 0 Å². The van der Waals surface area contributed by atoms with Gasteiger partial charge in [-0.1, -0.05) is 25.1 Å². The number of nitrogens with zero attached hydrogens (tertiary/aromatic N) is 2. The van der Waals surface area contributed by atoms with E-state index in [1.165, 1.54) is 4.90 Å². The summed E-state index contributed by atoms with van der Waals surface area (Å²) in [5.74, 6) is -0.147. The van der Waals surface area contributed by atoms with E-state index in [-0.39, 0.29) is 29.6 Å². The Hall–Kier alpha value is -2.43. The molecule has 3 aliphatic rings. The molecule has 3 amide bonds. The van der Waals surface area contributed by atoms with Crippen LogP contribution >= 0.6 is 0 Å². The zero-order chi connectivity index (χ0) is 18.3. The topological polar surface area (TPSA) is 57.7 Å². The summed E-state index contributed by atoms with van der Waals surface area (Å²) in [5.41, 5.74) is 1.07. The zero-order valence-corrected chi connectivity index (χ0v) is 15.1. The molecule has 0 aromatic heterocycles. The molecule has 0 N–H and O–H groups in total. The van der Waals surface area contributed by atoms with Crippen molar-refractivity contribution in [3.8, 4) is 0 Å². The fourth-order valence-corrected chi connectivity index (χ4v) is 4.23. The van der Waals surface area contributed by atoms with Crippen LogP contribution in [0.5, 0.6) is 0 Å². The van der Waals surface area contributed by atoms with Crippen molar-refractivity contribution in [2.45, 2.75) is 32.6 Å². The standard InChI is InChI=1S/C21H24N2O3/c1-14-9-11-22(12-10-14)19(24)15-5-4-6-16(13-15)23-20(25)17-7-2-3-8-18(17)21(23)26/h2-6,13-14,17-18H,7-12H2,1H3/t17-,18-/m1/s1. The molecule has 136 valence electrons. The molecule has 0 bridgehead atoms. The van der Waals surface area contributed by atoms with Crippen molar-refractivity contribution >= 4 is 23.4 Å². The van der Waals surface area contributed by atoms with Gasteiger partial charge in [0.25, 0.3) is 5.91 Å². The largest absolute Gasteiger partial charge is 0.339 e. The van der Waals surface area contributed by atoms with E-state index in [2.05, 4.69) is 6.92 Å². The van der Waals surface area contributed by atoms with E-state index >= 15 is 0 Å². The monoisotopic (exact) mass is 352 g/mol. The van der Waals surface area contributed by atoms with Gasteiger partial charge in [-0.25, -0.2) is 0 Å². The summed E-state index contributed by atoms with van der Waals surface area (Å²) in [6.07, 6.45) is 7.24. The van der Waals surface area contributed by atoms with Crippen LogP contribution in [-0.4, -0.2) is 35.7 Å². The van der Waals surface area contributed by atoms with Crippen molar-refractivity contribution in [3.63, 3.8) is 0 Å². The number of fused-ring (bicyclic) bond motifs is 1. The van der Waals surface area contributed by atoms with Gasteiger partial charge in [0, 0.05) is 18.7 Å². The fraction of sp³-hybridized carbons (Fsp3) is 0.476. The number of rotatable bonds is 2. The molecule has 0 unspecified atom stereocenters. The molecule has 2 aliphatic heterocycles. The molecule has 0 spiro atoms. The van der Waals surface area contributed by atoms with Crippen molar-refractivity contribution < 1.29 is 14.4 Å². The van der Waals surface area contributed by atoms with Crippen LogP contribution in [0.25, 0.3) is 0 Å². The van der Waals surface area contributed by atoms with Gasteiger partial charge >= 0.3 is 0 Å². The van der Waals surface area contributed by atoms with E-state index in [0.717, 1.165) is 25.9 Å². The van der Waals surface area contributed by atoms with Gasteiger partial charge in [-0.2, -0.15) is 0 Å². The lowest BCUT2D eigenvalue weighted by molar-refractivity contribution is -0.122. The molecule has 2 fully saturated rings. The highest BCUT2D eigenvalue weighted by Gasteiger charge is 2.47. The highest BCUT2D eigenvalue weighted by Crippen LogP contribution is 2.37. The van der Waals surface area contributed by atoms with Gasteiger partial charge < -0.3 is 4.90 Å². The maximum absolute atomic E-state index is 12.8. The summed E-state index contributed by atoms with van der Waals surface area (Å²) < 4.78 is 0. The smallest absolute Gasteiger partial charge is 0.253 e. The normalized spacial score (nSPS) is 26.3. The summed E-state index contributed by atoms with van der Waals surface area (Å²) in [5, 5.41) is 0. The van der Waals surface area contributed by atoms with Gasteiger partial charge in [0.15, 0.2) is 0 Å². The Labute approximate surface area is 153 Å². The molecule has 5 heteroatoms. The summed E-state index contributed by atoms with van der Waals surface area (Å²) in [4.78, 5) is 41.5. The van der Waals surface area contributed by atoms with Crippen LogP contribution in [0.1, 0.15) is 43.0 Å². The molecule has 2 heterocycles. The van der Waals surface area contributed by atoms with Crippen molar-refractivity contribution in [2.75, 3.05) is 18.0 Å². The molecule has 4 rings (SSSR count). The Balaban J connectivity index is 1.57. The first-order valence-corrected chi connectivity index (χ1v) is 9.48. The van der Waals surface area contributed by atoms with Gasteiger partial charge in [0.1, 0.15) is 0 Å². The van der Waals surface area contributed by atoms with Gasteiger partial charge in [0.2, 0.25) is 11.8 Å². The number of imide groups is 1. The van der Waals surface area contributed by atoms with Crippen LogP contribution in [-0.2, 0) is 9.59 Å². The van der Waals surface area contributed by atoms with E-state index in [0.29, 0.717) is 30.0 Å². The lowest BCUT2D eigenvalue weighted by Crippen LogP contribution is -2.38. The number of carbonyl (C=O) groups is 3. The summed E-state index contributed by atoms with van der Waals surface area (Å²) in [7, 11) is 0. The van der Waals surface area contributed by atoms with E-state index in [1.807, 2.05) is 17.1 Å². The number of hydrogen-bond acceptors (Lipinski definition) is 3. The van der Waals surface area contributed by atoms with Crippen molar-refractivity contribution in [3.05, 3.63) is 42.0 Å². The fourth-order valence-electron chi connectivity index (χ4n) is 4.23. The molecule has 1 aromatic rings. The molecular weight excluding hydrogens is 328 g/mol. The van der Waals surface area contributed by atoms with Crippen molar-refractivity contribution in [1.82, 2.24) is 4.90 Å². The molecule has 26 heavy (non-hydrogen) atoms. The second-order valence-electron chi connectivity index (χ2n) is 7.69. The average Bonchev–Trinajstić information content (AvgIpc) is 2.93. The van der Waals surface area contributed by atoms with E-state index in [9.17, 15) is 14.4 Å². The maximum Gasteiger partial charge on any atom is 0.253 e. The van der Waals surface area contributed by atoms with Gasteiger partial charge in [-0.05, 0) is 49.8 Å². The predicted octanol–water partition coefficient (Wildman–Crippen LogP) is 3.01. The molecule has 5 nitrogen and oxygen atoms in total. The summed E-state index contributed by atoms with van der Waals surface area (Å²) >= 11 is 0. The lowest BCUT2D eigenvalue weighted by atomic mass is 9.85. The number of allylic oxidation sites excluding steroid dienone is 2. The number of anilines is 1. The predicted molar refractivity (Wildman–Crippen MR) is 98.6 cm³/mol. The third-order valence-electron chi connectivity index (χ3n) is 5.93. The Morgan fingerprint density at radius 3 is 2.23 bits per heavy atom. The third-order valence-corrected chi connectivity index (χ3v) is 5.93. The Morgan fingerprint density at radius 2 is 1.62 bits per heavy atom. The molecule has 1 aromatic carbocycles. The second-order valence-corrected chi connectivity index (χ2v) is 7.69. The van der Waals surface area contributed by atoms with Crippen LogP contribution in [0.3, 0.4) is 0 Å². The van der Waals surface area contributed by atoms with Crippen LogP contribution in [0.2, 0.25) is 0 Å². The minimum Gasteiger partial charge on any atom is -0.339 e. The second kappa shape index (κ2) is 6.71. The minimum absolute atomic E-state index is 0.0167. The SMILES string of the molecule is CC1CCN(C(=O)c2cccc(N3C(=O)[C@@H]4CC=CC[C@H]4C3=O)c2)CC1. The zero-order valence-electron chi connectivity index (χ0n) is 15.1. The molecule has 1 aliphatic carbocycles. The summed E-state index contributed by atoms with van der Waals surface area (Å²) in [6.45, 7) is 3.74. The van der Waals surface area contributed by atoms with E-state index < -0.39 is 0 Å². The average molecular weight is 352 g/mol. The summed E-state index contributed by atoms with van der Waals surface area (Å²) in [6, 6.07) is 6.97. The number of carbonyl (C=O) groups excluding carboxylic acids is 3. The Morgan fingerprint density at radius 1 is 1.00 bits per heavy atom. The number of benzene rings is 1. The molecule has 0 saturated carbocycles. The van der Waals surface area contributed by atoms with Gasteiger partial charge in [0.05, 0.1) is 17.5 Å². The molecular formula is C21H24N2O3. The van der Waals surface area contributed by atoms with E-state index in [1.54, 1.807) is 24.3 Å². The lowest BCUT2D eigenvalue weighted by Gasteiger charge is -2.30. The number of piperidine rings is 1. The number of amides is 3.